The molecule has 2 aromatic carbocycles. The first-order valence-corrected chi connectivity index (χ1v) is 9.50. The number of alkyl halides is 3. The first-order chi connectivity index (χ1) is 12.1. The van der Waals surface area contributed by atoms with E-state index >= 15 is 0 Å². The van der Waals surface area contributed by atoms with Gasteiger partial charge in [-0.2, -0.15) is 13.2 Å². The van der Waals surface area contributed by atoms with Crippen LogP contribution in [0.2, 0.25) is 0 Å². The van der Waals surface area contributed by atoms with Crippen molar-refractivity contribution < 1.29 is 21.9 Å². The smallest absolute Gasteiger partial charge is 0.416 e. The van der Waals surface area contributed by atoms with Gasteiger partial charge in [-0.15, -0.1) is 4.31 Å². The Labute approximate surface area is 151 Å². The van der Waals surface area contributed by atoms with Gasteiger partial charge in [0.1, 0.15) is 0 Å². The zero-order valence-electron chi connectivity index (χ0n) is 14.4. The zero-order chi connectivity index (χ0) is 19.1. The van der Waals surface area contributed by atoms with Crippen LogP contribution < -0.4 is 4.90 Å². The Morgan fingerprint density at radius 2 is 1.81 bits per heavy atom. The third-order valence-corrected chi connectivity index (χ3v) is 6.50. The molecule has 2 aromatic rings. The zero-order valence-corrected chi connectivity index (χ0v) is 15.2. The molecule has 1 unspecified atom stereocenters. The van der Waals surface area contributed by atoms with Crippen LogP contribution in [0.25, 0.3) is 0 Å². The maximum Gasteiger partial charge on any atom is 0.416 e. The molecule has 1 aliphatic heterocycles. The van der Waals surface area contributed by atoms with E-state index in [4.69, 9.17) is 0 Å². The molecular formula is C18H19F3N2O2S. The first kappa shape index (κ1) is 18.9. The first-order valence-electron chi connectivity index (χ1n) is 8.06. The van der Waals surface area contributed by atoms with Gasteiger partial charge in [0, 0.05) is 18.8 Å². The lowest BCUT2D eigenvalue weighted by Gasteiger charge is -2.44. The summed E-state index contributed by atoms with van der Waals surface area (Å²) in [6.07, 6.45) is -4.58. The Hall–Kier alpha value is -1.90. The summed E-state index contributed by atoms with van der Waals surface area (Å²) in [6.45, 7) is 2.45. The number of halogens is 3. The van der Waals surface area contributed by atoms with Gasteiger partial charge in [-0.25, -0.2) is 0 Å². The van der Waals surface area contributed by atoms with Crippen LogP contribution in [-0.2, 0) is 20.8 Å². The summed E-state index contributed by atoms with van der Waals surface area (Å²) < 4.78 is 64.9. The normalized spacial score (nSPS) is 18.2. The van der Waals surface area contributed by atoms with Crippen molar-refractivity contribution in [2.24, 2.45) is 0 Å². The maximum atomic E-state index is 12.8. The number of aryl methyl sites for hydroxylation is 1. The van der Waals surface area contributed by atoms with Gasteiger partial charge in [-0.05, 0) is 30.7 Å². The average Bonchev–Trinajstić information content (AvgIpc) is 2.53. The molecule has 26 heavy (non-hydrogen) atoms. The topological polar surface area (TPSA) is 46.6 Å². The quantitative estimate of drug-likeness (QED) is 0.755. The van der Waals surface area contributed by atoms with Crippen LogP contribution in [0.4, 0.5) is 18.9 Å². The van der Waals surface area contributed by atoms with Gasteiger partial charge in [0.05, 0.1) is 24.7 Å². The fraction of sp³-hybridized carbons (Fsp3) is 0.333. The molecule has 8 heteroatoms. The predicted octanol–water partition coefficient (Wildman–Crippen LogP) is 3.74. The van der Waals surface area contributed by atoms with Crippen LogP contribution in [0.3, 0.4) is 0 Å². The van der Waals surface area contributed by atoms with E-state index in [1.165, 1.54) is 10.4 Å². The van der Waals surface area contributed by atoms with Crippen LogP contribution in [0, 0.1) is 6.92 Å². The second kappa shape index (κ2) is 6.68. The molecule has 0 aromatic heterocycles. The molecule has 1 fully saturated rings. The molecular weight excluding hydrogens is 365 g/mol. The summed E-state index contributed by atoms with van der Waals surface area (Å²) in [4.78, 5) is 1.68. The predicted molar refractivity (Wildman–Crippen MR) is 93.5 cm³/mol. The number of para-hydroxylation sites is 1. The second-order valence-electron chi connectivity index (χ2n) is 6.40. The van der Waals surface area contributed by atoms with Crippen molar-refractivity contribution in [1.29, 1.82) is 0 Å². The van der Waals surface area contributed by atoms with E-state index in [1.807, 2.05) is 43.1 Å². The maximum absolute atomic E-state index is 12.8. The lowest BCUT2D eigenvalue weighted by molar-refractivity contribution is -0.137. The number of anilines is 1. The van der Waals surface area contributed by atoms with Crippen LogP contribution in [0.1, 0.15) is 11.1 Å². The molecule has 1 atom stereocenters. The second-order valence-corrected chi connectivity index (χ2v) is 8.34. The molecule has 0 radical (unpaired) electrons. The highest BCUT2D eigenvalue weighted by Gasteiger charge is 2.44. The standard InChI is InChI=1S/C18H19F3N2O2S/c1-13-6-3-4-9-17(13)22(2)15-11-23(12-15)26(24,25)16-8-5-7-14(10-16)18(19,20)21/h3-10,15H,11-12H2,1-2H3. The summed E-state index contributed by atoms with van der Waals surface area (Å²) in [7, 11) is -2.05. The largest absolute Gasteiger partial charge is 0.593 e. The third-order valence-electron chi connectivity index (χ3n) is 4.67. The number of benzene rings is 2. The van der Waals surface area contributed by atoms with Gasteiger partial charge in [0.25, 0.3) is 0 Å². The Bertz CT molecular complexity index is 850. The highest BCUT2D eigenvalue weighted by molar-refractivity contribution is 7.95. The van der Waals surface area contributed by atoms with Crippen molar-refractivity contribution >= 4 is 16.1 Å². The Kier molecular flexibility index (Phi) is 4.85. The van der Waals surface area contributed by atoms with Crippen molar-refractivity contribution in [3.05, 3.63) is 59.7 Å². The lowest BCUT2D eigenvalue weighted by atomic mass is 10.1. The number of hydrogen-bond acceptors (Lipinski definition) is 3. The Balaban J connectivity index is 1.74. The number of sulfonamides is 1. The van der Waals surface area contributed by atoms with E-state index in [0.717, 1.165) is 23.4 Å². The van der Waals surface area contributed by atoms with E-state index in [1.54, 1.807) is 0 Å². The van der Waals surface area contributed by atoms with Crippen molar-refractivity contribution in [2.75, 3.05) is 25.0 Å². The summed E-state index contributed by atoms with van der Waals surface area (Å²) in [6, 6.07) is 11.6. The molecule has 140 valence electrons. The minimum atomic E-state index is -4.58. The molecule has 4 nitrogen and oxygen atoms in total. The summed E-state index contributed by atoms with van der Waals surface area (Å²) in [5, 5.41) is 0. The van der Waals surface area contributed by atoms with Gasteiger partial charge < -0.3 is 9.45 Å². The monoisotopic (exact) mass is 384 g/mol. The van der Waals surface area contributed by atoms with Crippen LogP contribution in [0.5, 0.6) is 0 Å². The average molecular weight is 384 g/mol. The van der Waals surface area contributed by atoms with Gasteiger partial charge in [0.15, 0.2) is 15.3 Å². The van der Waals surface area contributed by atoms with Gasteiger partial charge in [0.2, 0.25) is 0 Å². The fourth-order valence-corrected chi connectivity index (χ4v) is 4.56. The number of hydrogen-bond donors (Lipinski definition) is 0. The van der Waals surface area contributed by atoms with E-state index in [9.17, 15) is 21.9 Å². The van der Waals surface area contributed by atoms with Gasteiger partial charge in [-0.1, -0.05) is 28.5 Å². The Morgan fingerprint density at radius 1 is 1.15 bits per heavy atom. The third kappa shape index (κ3) is 3.49. The summed E-state index contributed by atoms with van der Waals surface area (Å²) in [5.74, 6) is 0. The Morgan fingerprint density at radius 3 is 2.42 bits per heavy atom. The van der Waals surface area contributed by atoms with Gasteiger partial charge in [-0.3, -0.25) is 0 Å². The molecule has 0 spiro atoms. The molecule has 0 bridgehead atoms. The van der Waals surface area contributed by atoms with Crippen LogP contribution in [0.15, 0.2) is 53.4 Å². The van der Waals surface area contributed by atoms with Crippen LogP contribution >= 0.6 is 0 Å². The molecule has 0 amide bonds. The number of likely N-dealkylation sites (N-methyl/N-ethyl adjacent to an activating group) is 1. The molecule has 3 rings (SSSR count). The highest BCUT2D eigenvalue weighted by atomic mass is 32.3. The molecule has 0 aliphatic carbocycles. The molecule has 1 aliphatic rings. The van der Waals surface area contributed by atoms with Crippen molar-refractivity contribution in [1.82, 2.24) is 4.31 Å². The summed E-state index contributed by atoms with van der Waals surface area (Å²) in [5.41, 5.74) is 1.12. The van der Waals surface area contributed by atoms with Crippen LogP contribution in [-0.4, -0.2) is 35.0 Å². The number of rotatable bonds is 4. The van der Waals surface area contributed by atoms with E-state index in [2.05, 4.69) is 0 Å². The highest BCUT2D eigenvalue weighted by Crippen LogP contribution is 2.34. The van der Waals surface area contributed by atoms with E-state index < -0.39 is 22.1 Å². The SMILES string of the molecule is Cc1ccccc1N(C)C1CN([S+](=O)([O-])c2cccc(C(F)(F)F)c2)C1. The fourth-order valence-electron chi connectivity index (χ4n) is 3.00. The van der Waals surface area contributed by atoms with Crippen molar-refractivity contribution in [2.45, 2.75) is 24.0 Å². The minimum Gasteiger partial charge on any atom is -0.593 e. The van der Waals surface area contributed by atoms with Gasteiger partial charge >= 0.3 is 6.18 Å². The molecule has 1 heterocycles. The number of nitrogens with zero attached hydrogens (tertiary/aromatic N) is 2. The van der Waals surface area contributed by atoms with E-state index in [0.29, 0.717) is 6.07 Å². The minimum absolute atomic E-state index is 0.0170. The molecule has 0 N–H and O–H groups in total. The molecule has 0 saturated carbocycles. The van der Waals surface area contributed by atoms with Crippen molar-refractivity contribution in [3.8, 4) is 0 Å². The lowest BCUT2D eigenvalue weighted by Crippen LogP contribution is -2.61. The summed E-state index contributed by atoms with van der Waals surface area (Å²) >= 11 is 0. The molecule has 1 saturated heterocycles. The van der Waals surface area contributed by atoms with E-state index in [-0.39, 0.29) is 24.0 Å². The van der Waals surface area contributed by atoms with Crippen molar-refractivity contribution in [3.63, 3.8) is 0 Å².